The van der Waals surface area contributed by atoms with Gasteiger partial charge in [0.1, 0.15) is 0 Å². The second-order valence-corrected chi connectivity index (χ2v) is 6.88. The van der Waals surface area contributed by atoms with Crippen LogP contribution < -0.4 is 0 Å². The Morgan fingerprint density at radius 2 is 1.71 bits per heavy atom. The van der Waals surface area contributed by atoms with Crippen LogP contribution in [-0.2, 0) is 9.53 Å². The number of hydrogen-bond acceptors (Lipinski definition) is 4. The van der Waals surface area contributed by atoms with E-state index in [0.29, 0.717) is 19.1 Å². The highest BCUT2D eigenvalue weighted by Crippen LogP contribution is 2.35. The Hall–Kier alpha value is -0.610. The normalized spacial score (nSPS) is 24.2. The Bertz CT molecular complexity index is 330. The van der Waals surface area contributed by atoms with Crippen molar-refractivity contribution in [1.82, 2.24) is 9.80 Å². The Morgan fingerprint density at radius 1 is 1.10 bits per heavy atom. The molecule has 2 heterocycles. The summed E-state index contributed by atoms with van der Waals surface area (Å²) in [6.07, 6.45) is 6.67. The van der Waals surface area contributed by atoms with E-state index in [1.54, 1.807) is 0 Å². The van der Waals surface area contributed by atoms with Crippen LogP contribution in [0.5, 0.6) is 0 Å². The Morgan fingerprint density at radius 3 is 2.24 bits per heavy atom. The van der Waals surface area contributed by atoms with E-state index in [2.05, 4.69) is 23.6 Å². The number of esters is 1. The van der Waals surface area contributed by atoms with E-state index in [1.807, 2.05) is 6.92 Å². The van der Waals surface area contributed by atoms with Crippen LogP contribution in [0.25, 0.3) is 0 Å². The van der Waals surface area contributed by atoms with E-state index in [0.717, 1.165) is 39.0 Å². The summed E-state index contributed by atoms with van der Waals surface area (Å²) in [5.74, 6) is -0.0129. The van der Waals surface area contributed by atoms with Gasteiger partial charge in [-0.2, -0.15) is 0 Å². The fourth-order valence-electron chi connectivity index (χ4n) is 3.91. The smallest absolute Gasteiger partial charge is 0.307 e. The third kappa shape index (κ3) is 4.19. The van der Waals surface area contributed by atoms with Gasteiger partial charge in [-0.15, -0.1) is 0 Å². The first-order valence-corrected chi connectivity index (χ1v) is 8.72. The first-order valence-electron chi connectivity index (χ1n) is 8.72. The number of carbonyl (C=O) groups is 1. The molecule has 2 fully saturated rings. The van der Waals surface area contributed by atoms with E-state index >= 15 is 0 Å². The summed E-state index contributed by atoms with van der Waals surface area (Å²) in [5, 5.41) is 0. The monoisotopic (exact) mass is 296 g/mol. The van der Waals surface area contributed by atoms with Crippen molar-refractivity contribution in [2.24, 2.45) is 0 Å². The maximum Gasteiger partial charge on any atom is 0.307 e. The Kier molecular flexibility index (Phi) is 6.06. The van der Waals surface area contributed by atoms with Gasteiger partial charge in [0, 0.05) is 24.7 Å². The van der Waals surface area contributed by atoms with Gasteiger partial charge in [-0.05, 0) is 59.5 Å². The van der Waals surface area contributed by atoms with Gasteiger partial charge in [-0.25, -0.2) is 0 Å². The second kappa shape index (κ2) is 7.59. The SMILES string of the molecule is CCOC(=O)CC1(N2CCCCC2)CCN(C(C)C)CC1. The first-order chi connectivity index (χ1) is 10.1. The molecule has 0 unspecified atom stereocenters. The van der Waals surface area contributed by atoms with Crippen molar-refractivity contribution in [3.63, 3.8) is 0 Å². The molecule has 0 radical (unpaired) electrons. The highest BCUT2D eigenvalue weighted by atomic mass is 16.5. The average Bonchev–Trinajstić information content (AvgIpc) is 2.49. The van der Waals surface area contributed by atoms with Crippen LogP contribution in [0.3, 0.4) is 0 Å². The fourth-order valence-corrected chi connectivity index (χ4v) is 3.91. The minimum Gasteiger partial charge on any atom is -0.466 e. The van der Waals surface area contributed by atoms with Crippen LogP contribution in [0, 0.1) is 0 Å². The molecule has 122 valence electrons. The zero-order chi connectivity index (χ0) is 15.3. The minimum atomic E-state index is -0.0129. The first kappa shape index (κ1) is 16.8. The molecule has 0 atom stereocenters. The Labute approximate surface area is 129 Å². The van der Waals surface area contributed by atoms with E-state index in [-0.39, 0.29) is 11.5 Å². The number of hydrogen-bond donors (Lipinski definition) is 0. The molecule has 2 saturated heterocycles. The molecule has 2 aliphatic rings. The number of rotatable bonds is 5. The maximum atomic E-state index is 12.1. The predicted octanol–water partition coefficient (Wildman–Crippen LogP) is 2.67. The summed E-state index contributed by atoms with van der Waals surface area (Å²) in [4.78, 5) is 17.2. The molecule has 0 saturated carbocycles. The molecular formula is C17H32N2O2. The number of piperidine rings is 2. The van der Waals surface area contributed by atoms with Gasteiger partial charge in [0.25, 0.3) is 0 Å². The van der Waals surface area contributed by atoms with E-state index in [1.165, 1.54) is 19.3 Å². The number of likely N-dealkylation sites (tertiary alicyclic amines) is 2. The molecule has 2 aliphatic heterocycles. The van der Waals surface area contributed by atoms with Gasteiger partial charge in [-0.1, -0.05) is 6.42 Å². The van der Waals surface area contributed by atoms with Gasteiger partial charge in [0.05, 0.1) is 13.0 Å². The summed E-state index contributed by atoms with van der Waals surface area (Å²) in [7, 11) is 0. The summed E-state index contributed by atoms with van der Waals surface area (Å²) in [6.45, 7) is 11.4. The van der Waals surface area contributed by atoms with Gasteiger partial charge < -0.3 is 9.64 Å². The van der Waals surface area contributed by atoms with Crippen LogP contribution in [0.2, 0.25) is 0 Å². The molecule has 2 rings (SSSR count). The van der Waals surface area contributed by atoms with Crippen LogP contribution in [0.4, 0.5) is 0 Å². The summed E-state index contributed by atoms with van der Waals surface area (Å²) >= 11 is 0. The highest BCUT2D eigenvalue weighted by molar-refractivity contribution is 5.71. The van der Waals surface area contributed by atoms with Crippen molar-refractivity contribution < 1.29 is 9.53 Å². The lowest BCUT2D eigenvalue weighted by molar-refractivity contribution is -0.148. The van der Waals surface area contributed by atoms with E-state index < -0.39 is 0 Å². The lowest BCUT2D eigenvalue weighted by atomic mass is 9.81. The third-order valence-electron chi connectivity index (χ3n) is 5.26. The molecule has 4 heteroatoms. The van der Waals surface area contributed by atoms with Gasteiger partial charge in [-0.3, -0.25) is 9.69 Å². The zero-order valence-electron chi connectivity index (χ0n) is 14.1. The van der Waals surface area contributed by atoms with Gasteiger partial charge in [0.15, 0.2) is 0 Å². The quantitative estimate of drug-likeness (QED) is 0.730. The zero-order valence-corrected chi connectivity index (χ0v) is 14.1. The van der Waals surface area contributed by atoms with Crippen LogP contribution in [0.15, 0.2) is 0 Å². The molecule has 4 nitrogen and oxygen atoms in total. The topological polar surface area (TPSA) is 32.8 Å². The minimum absolute atomic E-state index is 0.0129. The van der Waals surface area contributed by atoms with Crippen molar-refractivity contribution in [2.75, 3.05) is 32.8 Å². The Balaban J connectivity index is 2.05. The van der Waals surface area contributed by atoms with Gasteiger partial charge in [0.2, 0.25) is 0 Å². The van der Waals surface area contributed by atoms with Crippen LogP contribution in [0.1, 0.15) is 59.3 Å². The lowest BCUT2D eigenvalue weighted by Crippen LogP contribution is -2.58. The van der Waals surface area contributed by atoms with Crippen molar-refractivity contribution in [3.8, 4) is 0 Å². The van der Waals surface area contributed by atoms with Crippen molar-refractivity contribution >= 4 is 5.97 Å². The lowest BCUT2D eigenvalue weighted by Gasteiger charge is -2.50. The van der Waals surface area contributed by atoms with Crippen LogP contribution >= 0.6 is 0 Å². The maximum absolute atomic E-state index is 12.1. The molecule has 0 N–H and O–H groups in total. The number of ether oxygens (including phenoxy) is 1. The molecule has 0 spiro atoms. The summed E-state index contributed by atoms with van der Waals surface area (Å²) in [5.41, 5.74) is 0.0536. The van der Waals surface area contributed by atoms with E-state index in [4.69, 9.17) is 4.74 Å². The molecule has 21 heavy (non-hydrogen) atoms. The van der Waals surface area contributed by atoms with E-state index in [9.17, 15) is 4.79 Å². The van der Waals surface area contributed by atoms with Crippen LogP contribution in [-0.4, -0.2) is 60.1 Å². The molecular weight excluding hydrogens is 264 g/mol. The largest absolute Gasteiger partial charge is 0.466 e. The number of nitrogens with zero attached hydrogens (tertiary/aromatic N) is 2. The standard InChI is InChI=1S/C17H32N2O2/c1-4-21-16(20)14-17(19-10-6-5-7-11-19)8-12-18(13-9-17)15(2)3/h15H,4-14H2,1-3H3. The summed E-state index contributed by atoms with van der Waals surface area (Å²) in [6, 6.07) is 0.604. The molecule has 0 aliphatic carbocycles. The fraction of sp³-hybridized carbons (Fsp3) is 0.941. The van der Waals surface area contributed by atoms with Crippen molar-refractivity contribution in [1.29, 1.82) is 0 Å². The highest BCUT2D eigenvalue weighted by Gasteiger charge is 2.42. The second-order valence-electron chi connectivity index (χ2n) is 6.88. The molecule has 0 aromatic heterocycles. The molecule has 0 aromatic carbocycles. The molecule has 0 bridgehead atoms. The molecule has 0 amide bonds. The van der Waals surface area contributed by atoms with Gasteiger partial charge >= 0.3 is 5.97 Å². The molecule has 0 aromatic rings. The van der Waals surface area contributed by atoms with Crippen molar-refractivity contribution in [2.45, 2.75) is 70.9 Å². The third-order valence-corrected chi connectivity index (χ3v) is 5.26. The average molecular weight is 296 g/mol. The predicted molar refractivity (Wildman–Crippen MR) is 85.3 cm³/mol. The van der Waals surface area contributed by atoms with Crippen molar-refractivity contribution in [3.05, 3.63) is 0 Å². The number of carbonyl (C=O) groups excluding carboxylic acids is 1. The summed E-state index contributed by atoms with van der Waals surface area (Å²) < 4.78 is 5.26.